The fraction of sp³-hybridized carbons (Fsp3) is 0.450. The molecule has 0 aliphatic carbocycles. The van der Waals surface area contributed by atoms with Crippen LogP contribution in [-0.2, 0) is 11.3 Å². The number of nitrogens with two attached hydrogens (primary N) is 1. The lowest BCUT2D eigenvalue weighted by Crippen LogP contribution is -2.37. The van der Waals surface area contributed by atoms with Crippen molar-refractivity contribution in [2.75, 3.05) is 32.8 Å². The number of halogens is 1. The first kappa shape index (κ1) is 18.6. The quantitative estimate of drug-likeness (QED) is 0.863. The molecule has 1 amide bonds. The van der Waals surface area contributed by atoms with Crippen LogP contribution in [0.4, 0.5) is 4.39 Å². The number of aromatic nitrogens is 1. The number of benzene rings is 1. The van der Waals surface area contributed by atoms with Gasteiger partial charge in [0, 0.05) is 43.1 Å². The van der Waals surface area contributed by atoms with E-state index in [1.165, 1.54) is 12.1 Å². The van der Waals surface area contributed by atoms with Crippen molar-refractivity contribution in [1.29, 1.82) is 0 Å². The molecular weight excluding hydrogens is 333 g/mol. The van der Waals surface area contributed by atoms with E-state index in [2.05, 4.69) is 9.47 Å². The van der Waals surface area contributed by atoms with Gasteiger partial charge in [0.15, 0.2) is 0 Å². The standard InChI is InChI=1S/C20H26FN3O2/c1-14-18(16-5-3-6-17(21)13-16)19(20(22)25)15(2)24(14)8-4-7-23-9-11-26-12-10-23/h3,5-6,13H,4,7-12H2,1-2H3,(H2,22,25). The van der Waals surface area contributed by atoms with Crippen molar-refractivity contribution in [2.45, 2.75) is 26.8 Å². The second-order valence-corrected chi connectivity index (χ2v) is 6.75. The summed E-state index contributed by atoms with van der Waals surface area (Å²) in [6.07, 6.45) is 0.969. The van der Waals surface area contributed by atoms with Crippen LogP contribution >= 0.6 is 0 Å². The van der Waals surface area contributed by atoms with E-state index in [1.54, 1.807) is 6.07 Å². The van der Waals surface area contributed by atoms with Crippen LogP contribution in [0.15, 0.2) is 24.3 Å². The van der Waals surface area contributed by atoms with Crippen LogP contribution in [0.5, 0.6) is 0 Å². The first-order chi connectivity index (χ1) is 12.5. The van der Waals surface area contributed by atoms with E-state index < -0.39 is 5.91 Å². The van der Waals surface area contributed by atoms with Crippen molar-refractivity contribution >= 4 is 5.91 Å². The number of ether oxygens (including phenoxy) is 1. The highest BCUT2D eigenvalue weighted by atomic mass is 19.1. The highest BCUT2D eigenvalue weighted by Gasteiger charge is 2.22. The molecule has 0 bridgehead atoms. The number of carbonyl (C=O) groups is 1. The molecule has 6 heteroatoms. The van der Waals surface area contributed by atoms with Crippen LogP contribution in [0.1, 0.15) is 28.2 Å². The molecule has 0 unspecified atom stereocenters. The third-order valence-electron chi connectivity index (χ3n) is 5.10. The third kappa shape index (κ3) is 3.81. The number of rotatable bonds is 6. The van der Waals surface area contributed by atoms with Crippen LogP contribution in [0, 0.1) is 19.7 Å². The maximum absolute atomic E-state index is 13.7. The zero-order chi connectivity index (χ0) is 18.7. The average molecular weight is 359 g/mol. The van der Waals surface area contributed by atoms with Gasteiger partial charge in [-0.2, -0.15) is 0 Å². The van der Waals surface area contributed by atoms with Gasteiger partial charge in [0.05, 0.1) is 18.8 Å². The summed E-state index contributed by atoms with van der Waals surface area (Å²) in [5.41, 5.74) is 9.35. The fourth-order valence-corrected chi connectivity index (χ4v) is 3.79. The number of hydrogen-bond donors (Lipinski definition) is 1. The van der Waals surface area contributed by atoms with E-state index in [1.807, 2.05) is 19.9 Å². The zero-order valence-electron chi connectivity index (χ0n) is 15.4. The van der Waals surface area contributed by atoms with Gasteiger partial charge in [0.25, 0.3) is 5.91 Å². The summed E-state index contributed by atoms with van der Waals surface area (Å²) in [4.78, 5) is 14.5. The van der Waals surface area contributed by atoms with Crippen LogP contribution in [0.25, 0.3) is 11.1 Å². The van der Waals surface area contributed by atoms with Gasteiger partial charge >= 0.3 is 0 Å². The first-order valence-corrected chi connectivity index (χ1v) is 9.04. The number of morpholine rings is 1. The molecule has 1 aliphatic rings. The topological polar surface area (TPSA) is 60.5 Å². The average Bonchev–Trinajstić information content (AvgIpc) is 2.87. The van der Waals surface area contributed by atoms with Crippen LogP contribution in [0.2, 0.25) is 0 Å². The van der Waals surface area contributed by atoms with Crippen molar-refractivity contribution in [3.8, 4) is 11.1 Å². The van der Waals surface area contributed by atoms with Gasteiger partial charge < -0.3 is 15.0 Å². The molecule has 1 aromatic heterocycles. The molecule has 5 nitrogen and oxygen atoms in total. The molecule has 1 aromatic carbocycles. The first-order valence-electron chi connectivity index (χ1n) is 9.04. The number of nitrogens with zero attached hydrogens (tertiary/aromatic N) is 2. The molecular formula is C20H26FN3O2. The predicted octanol–water partition coefficient (Wildman–Crippen LogP) is 2.73. The molecule has 2 N–H and O–H groups in total. The molecule has 0 saturated carbocycles. The lowest BCUT2D eigenvalue weighted by molar-refractivity contribution is 0.0369. The molecule has 0 spiro atoms. The van der Waals surface area contributed by atoms with Gasteiger partial charge in [-0.1, -0.05) is 12.1 Å². The summed E-state index contributed by atoms with van der Waals surface area (Å²) in [5, 5.41) is 0. The van der Waals surface area contributed by atoms with Gasteiger partial charge in [-0.05, 0) is 38.0 Å². The second-order valence-electron chi connectivity index (χ2n) is 6.75. The van der Waals surface area contributed by atoms with Crippen LogP contribution in [0.3, 0.4) is 0 Å². The smallest absolute Gasteiger partial charge is 0.251 e. The summed E-state index contributed by atoms with van der Waals surface area (Å²) >= 11 is 0. The van der Waals surface area contributed by atoms with Gasteiger partial charge in [0.2, 0.25) is 0 Å². The largest absolute Gasteiger partial charge is 0.379 e. The zero-order valence-corrected chi connectivity index (χ0v) is 15.4. The Morgan fingerprint density at radius 1 is 1.19 bits per heavy atom. The maximum atomic E-state index is 13.7. The van der Waals surface area contributed by atoms with E-state index in [9.17, 15) is 9.18 Å². The van der Waals surface area contributed by atoms with Crippen LogP contribution < -0.4 is 5.73 Å². The second kappa shape index (κ2) is 8.01. The van der Waals surface area contributed by atoms with E-state index in [0.717, 1.165) is 62.8 Å². The van der Waals surface area contributed by atoms with Gasteiger partial charge in [-0.15, -0.1) is 0 Å². The molecule has 0 radical (unpaired) electrons. The summed E-state index contributed by atoms with van der Waals surface area (Å²) < 4.78 is 21.2. The molecule has 140 valence electrons. The van der Waals surface area contributed by atoms with Crippen molar-refractivity contribution in [1.82, 2.24) is 9.47 Å². The fourth-order valence-electron chi connectivity index (χ4n) is 3.79. The molecule has 1 fully saturated rings. The summed E-state index contributed by atoms with van der Waals surface area (Å²) in [6.45, 7) is 9.16. The Kier molecular flexibility index (Phi) is 5.74. The Morgan fingerprint density at radius 2 is 1.92 bits per heavy atom. The van der Waals surface area contributed by atoms with E-state index in [-0.39, 0.29) is 5.82 Å². The SMILES string of the molecule is Cc1c(C(N)=O)c(-c2cccc(F)c2)c(C)n1CCCN1CCOCC1. The van der Waals surface area contributed by atoms with Crippen molar-refractivity contribution in [2.24, 2.45) is 5.73 Å². The molecule has 0 atom stereocenters. The Labute approximate surface area is 153 Å². The molecule has 2 heterocycles. The highest BCUT2D eigenvalue weighted by molar-refractivity contribution is 6.02. The highest BCUT2D eigenvalue weighted by Crippen LogP contribution is 2.32. The van der Waals surface area contributed by atoms with E-state index >= 15 is 0 Å². The molecule has 1 aliphatic heterocycles. The number of amides is 1. The minimum absolute atomic E-state index is 0.324. The van der Waals surface area contributed by atoms with Gasteiger partial charge in [-0.25, -0.2) is 4.39 Å². The molecule has 2 aromatic rings. The van der Waals surface area contributed by atoms with E-state index in [4.69, 9.17) is 10.5 Å². The number of primary amides is 1. The van der Waals surface area contributed by atoms with Crippen LogP contribution in [-0.4, -0.2) is 48.2 Å². The summed E-state index contributed by atoms with van der Waals surface area (Å²) in [6, 6.07) is 6.32. The summed E-state index contributed by atoms with van der Waals surface area (Å²) in [7, 11) is 0. The van der Waals surface area contributed by atoms with Crippen molar-refractivity contribution in [3.05, 3.63) is 47.0 Å². The normalized spacial score (nSPS) is 15.3. The number of carbonyl (C=O) groups excluding carboxylic acids is 1. The lowest BCUT2D eigenvalue weighted by atomic mass is 10.00. The van der Waals surface area contributed by atoms with Crippen molar-refractivity contribution < 1.29 is 13.9 Å². The minimum atomic E-state index is -0.475. The Bertz CT molecular complexity index is 795. The molecule has 3 rings (SSSR count). The Morgan fingerprint density at radius 3 is 2.58 bits per heavy atom. The minimum Gasteiger partial charge on any atom is -0.379 e. The lowest BCUT2D eigenvalue weighted by Gasteiger charge is -2.26. The van der Waals surface area contributed by atoms with Crippen molar-refractivity contribution in [3.63, 3.8) is 0 Å². The maximum Gasteiger partial charge on any atom is 0.251 e. The molecule has 26 heavy (non-hydrogen) atoms. The number of hydrogen-bond acceptors (Lipinski definition) is 3. The van der Waals surface area contributed by atoms with E-state index in [0.29, 0.717) is 11.1 Å². The van der Waals surface area contributed by atoms with Gasteiger partial charge in [0.1, 0.15) is 5.82 Å². The monoisotopic (exact) mass is 359 g/mol. The molecule has 1 saturated heterocycles. The Hall–Kier alpha value is -2.18. The Balaban J connectivity index is 1.86. The third-order valence-corrected chi connectivity index (χ3v) is 5.10. The van der Waals surface area contributed by atoms with Gasteiger partial charge in [-0.3, -0.25) is 9.69 Å². The predicted molar refractivity (Wildman–Crippen MR) is 99.7 cm³/mol. The summed E-state index contributed by atoms with van der Waals surface area (Å²) in [5.74, 6) is -0.799.